The summed E-state index contributed by atoms with van der Waals surface area (Å²) in [7, 11) is 1.10. The first-order valence-corrected chi connectivity index (χ1v) is 10.5. The molecule has 1 heterocycles. The molecule has 194 valence electrons. The van der Waals surface area contributed by atoms with Crippen molar-refractivity contribution in [3.63, 3.8) is 0 Å². The lowest BCUT2D eigenvalue weighted by molar-refractivity contribution is -0.160. The number of benzene rings is 2. The van der Waals surface area contributed by atoms with Gasteiger partial charge in [-0.15, -0.1) is 0 Å². The van der Waals surface area contributed by atoms with Crippen molar-refractivity contribution in [3.8, 4) is 11.5 Å². The molecular formula is C23H21F5N2O6. The van der Waals surface area contributed by atoms with Gasteiger partial charge in [0.05, 0.1) is 25.3 Å². The van der Waals surface area contributed by atoms with Crippen LogP contribution in [0.5, 0.6) is 11.5 Å². The summed E-state index contributed by atoms with van der Waals surface area (Å²) in [5.74, 6) is -1.71. The maximum absolute atomic E-state index is 12.6. The minimum absolute atomic E-state index is 0.146. The van der Waals surface area contributed by atoms with Gasteiger partial charge in [-0.1, -0.05) is 0 Å². The van der Waals surface area contributed by atoms with Crippen LogP contribution in [0.4, 0.5) is 22.0 Å². The van der Waals surface area contributed by atoms with Gasteiger partial charge < -0.3 is 24.4 Å². The number of rotatable bonds is 8. The Balaban J connectivity index is 1.55. The van der Waals surface area contributed by atoms with Crippen LogP contribution in [0.1, 0.15) is 22.3 Å². The fourth-order valence-corrected chi connectivity index (χ4v) is 3.56. The Hall–Kier alpha value is -3.74. The topological polar surface area (TPSA) is 94.2 Å². The number of nitrogens with zero attached hydrogens (tertiary/aromatic N) is 1. The largest absolute Gasteiger partial charge is 0.467 e. The van der Waals surface area contributed by atoms with E-state index >= 15 is 0 Å². The molecule has 0 aromatic heterocycles. The smallest absolute Gasteiger partial charge is 0.416 e. The minimum Gasteiger partial charge on any atom is -0.467 e. The van der Waals surface area contributed by atoms with E-state index in [4.69, 9.17) is 4.74 Å². The van der Waals surface area contributed by atoms with Gasteiger partial charge in [-0.05, 0) is 48.5 Å². The summed E-state index contributed by atoms with van der Waals surface area (Å²) in [6.45, 7) is -3.86. The van der Waals surface area contributed by atoms with Crippen LogP contribution in [-0.2, 0) is 25.2 Å². The second-order valence-corrected chi connectivity index (χ2v) is 7.67. The number of amides is 2. The van der Waals surface area contributed by atoms with Gasteiger partial charge in [-0.25, -0.2) is 4.79 Å². The Bertz CT molecular complexity index is 1080. The number of halogens is 5. The summed E-state index contributed by atoms with van der Waals surface area (Å²) in [5.41, 5.74) is -0.673. The highest BCUT2D eigenvalue weighted by molar-refractivity contribution is 5.97. The molecular weight excluding hydrogens is 495 g/mol. The number of carbonyl (C=O) groups excluding carboxylic acids is 3. The van der Waals surface area contributed by atoms with Crippen LogP contribution in [0.3, 0.4) is 0 Å². The predicted molar refractivity (Wildman–Crippen MR) is 113 cm³/mol. The van der Waals surface area contributed by atoms with Crippen molar-refractivity contribution in [3.05, 3.63) is 59.7 Å². The number of alkyl halides is 5. The molecule has 8 nitrogen and oxygen atoms in total. The van der Waals surface area contributed by atoms with E-state index in [9.17, 15) is 36.3 Å². The third-order valence-corrected chi connectivity index (χ3v) is 5.29. The molecule has 3 rings (SSSR count). The summed E-state index contributed by atoms with van der Waals surface area (Å²) in [4.78, 5) is 37.9. The van der Waals surface area contributed by atoms with Gasteiger partial charge in [0.15, 0.2) is 0 Å². The highest BCUT2D eigenvalue weighted by atomic mass is 19.4. The number of methoxy groups -OCH3 is 1. The highest BCUT2D eigenvalue weighted by Gasteiger charge is 2.41. The van der Waals surface area contributed by atoms with E-state index in [2.05, 4.69) is 14.8 Å². The van der Waals surface area contributed by atoms with Crippen LogP contribution in [0, 0.1) is 0 Å². The fourth-order valence-electron chi connectivity index (χ4n) is 3.56. The second kappa shape index (κ2) is 11.3. The molecule has 2 aromatic rings. The molecule has 0 saturated carbocycles. The quantitative estimate of drug-likeness (QED) is 0.426. The summed E-state index contributed by atoms with van der Waals surface area (Å²) < 4.78 is 77.5. The highest BCUT2D eigenvalue weighted by Crippen LogP contribution is 2.31. The first-order valence-electron chi connectivity index (χ1n) is 10.5. The first-order chi connectivity index (χ1) is 17.0. The maximum Gasteiger partial charge on any atom is 0.416 e. The van der Waals surface area contributed by atoms with Gasteiger partial charge >= 0.3 is 18.8 Å². The van der Waals surface area contributed by atoms with Gasteiger partial charge in [0.2, 0.25) is 5.91 Å². The van der Waals surface area contributed by atoms with Crippen molar-refractivity contribution in [2.45, 2.75) is 31.4 Å². The van der Waals surface area contributed by atoms with Crippen molar-refractivity contribution < 1.29 is 50.5 Å². The van der Waals surface area contributed by atoms with E-state index < -0.39 is 54.8 Å². The molecule has 1 aliphatic rings. The molecule has 1 fully saturated rings. The molecule has 2 amide bonds. The summed E-state index contributed by atoms with van der Waals surface area (Å²) in [6.07, 6.45) is -5.70. The predicted octanol–water partition coefficient (Wildman–Crippen LogP) is 3.61. The lowest BCUT2D eigenvalue weighted by Crippen LogP contribution is -2.46. The number of hydrogen-bond donors (Lipinski definition) is 1. The van der Waals surface area contributed by atoms with Crippen molar-refractivity contribution in [2.24, 2.45) is 0 Å². The summed E-state index contributed by atoms with van der Waals surface area (Å²) in [6, 6.07) is 8.52. The van der Waals surface area contributed by atoms with Crippen molar-refractivity contribution in [1.82, 2.24) is 10.2 Å². The fraction of sp³-hybridized carbons (Fsp3) is 0.348. The van der Waals surface area contributed by atoms with Gasteiger partial charge in [0, 0.05) is 18.5 Å². The second-order valence-electron chi connectivity index (χ2n) is 7.67. The number of carbonyl (C=O) groups is 3. The number of nitrogens with one attached hydrogen (secondary N) is 1. The Kier molecular flexibility index (Phi) is 8.45. The summed E-state index contributed by atoms with van der Waals surface area (Å²) in [5, 5.41) is 2.38. The molecule has 13 heteroatoms. The molecule has 0 radical (unpaired) electrons. The average molecular weight is 516 g/mol. The van der Waals surface area contributed by atoms with E-state index in [1.54, 1.807) is 0 Å². The molecule has 0 aliphatic carbocycles. The van der Waals surface area contributed by atoms with Crippen LogP contribution >= 0.6 is 0 Å². The third-order valence-electron chi connectivity index (χ3n) is 5.29. The zero-order valence-corrected chi connectivity index (χ0v) is 18.8. The Labute approximate surface area is 201 Å². The molecule has 1 N–H and O–H groups in total. The lowest BCUT2D eigenvalue weighted by Gasteiger charge is -2.22. The molecule has 0 unspecified atom stereocenters. The Morgan fingerprint density at radius 1 is 1.03 bits per heavy atom. The lowest BCUT2D eigenvalue weighted by atomic mass is 10.2. The van der Waals surface area contributed by atoms with Crippen molar-refractivity contribution >= 4 is 17.8 Å². The van der Waals surface area contributed by atoms with Crippen LogP contribution < -0.4 is 10.1 Å². The summed E-state index contributed by atoms with van der Waals surface area (Å²) >= 11 is 0. The van der Waals surface area contributed by atoms with Crippen LogP contribution in [-0.4, -0.2) is 61.6 Å². The van der Waals surface area contributed by atoms with E-state index in [1.807, 2.05) is 0 Å². The third kappa shape index (κ3) is 6.90. The normalized spacial score (nSPS) is 17.7. The van der Waals surface area contributed by atoms with Crippen LogP contribution in [0.25, 0.3) is 0 Å². The number of esters is 1. The first kappa shape index (κ1) is 26.9. The van der Waals surface area contributed by atoms with Crippen LogP contribution in [0.15, 0.2) is 48.5 Å². The number of hydrogen-bond acceptors (Lipinski definition) is 6. The standard InChI is InChI=1S/C23H21F5N2O6/c1-34-21(33)18-10-17(36-22(24)25)12-30(18)19(31)11-29-20(32)13-2-6-15(7-3-13)35-16-8-4-14(5-9-16)23(26,27)28/h2-9,17-18,22H,10-12H2,1H3,(H,29,32)/t17-,18+/m1/s1. The van der Waals surface area contributed by atoms with Gasteiger partial charge in [0.1, 0.15) is 17.5 Å². The zero-order chi connectivity index (χ0) is 26.5. The molecule has 2 atom stereocenters. The monoisotopic (exact) mass is 516 g/mol. The molecule has 1 aliphatic heterocycles. The Morgan fingerprint density at radius 2 is 1.61 bits per heavy atom. The van der Waals surface area contributed by atoms with Gasteiger partial charge in [0.25, 0.3) is 5.91 Å². The van der Waals surface area contributed by atoms with E-state index in [0.29, 0.717) is 0 Å². The Morgan fingerprint density at radius 3 is 2.14 bits per heavy atom. The SMILES string of the molecule is COC(=O)[C@@H]1C[C@@H](OC(F)F)CN1C(=O)CNC(=O)c1ccc(Oc2ccc(C(F)(F)F)cc2)cc1. The molecule has 0 spiro atoms. The maximum atomic E-state index is 12.6. The van der Waals surface area contributed by atoms with Crippen LogP contribution in [0.2, 0.25) is 0 Å². The van der Waals surface area contributed by atoms with Gasteiger partial charge in [-0.2, -0.15) is 22.0 Å². The van der Waals surface area contributed by atoms with Crippen molar-refractivity contribution in [1.29, 1.82) is 0 Å². The molecule has 36 heavy (non-hydrogen) atoms. The van der Waals surface area contributed by atoms with E-state index in [1.165, 1.54) is 24.3 Å². The number of likely N-dealkylation sites (tertiary alicyclic amines) is 1. The van der Waals surface area contributed by atoms with Crippen molar-refractivity contribution in [2.75, 3.05) is 20.2 Å². The average Bonchev–Trinajstić information content (AvgIpc) is 3.25. The van der Waals surface area contributed by atoms with Gasteiger partial charge in [-0.3, -0.25) is 9.59 Å². The van der Waals surface area contributed by atoms with E-state index in [0.717, 1.165) is 36.3 Å². The van der Waals surface area contributed by atoms with E-state index in [-0.39, 0.29) is 30.0 Å². The molecule has 2 aromatic carbocycles. The zero-order valence-electron chi connectivity index (χ0n) is 18.8. The molecule has 0 bridgehead atoms. The minimum atomic E-state index is -4.47. The number of ether oxygens (including phenoxy) is 3. The molecule has 1 saturated heterocycles.